The summed E-state index contributed by atoms with van der Waals surface area (Å²) in [6.45, 7) is 0. The number of hydrogen-bond acceptors (Lipinski definition) is 6. The Morgan fingerprint density at radius 3 is 1.94 bits per heavy atom. The molecule has 4 heterocycles. The molecule has 10 rings (SSSR count). The molecule has 0 aliphatic rings. The average Bonchev–Trinajstić information content (AvgIpc) is 3.74. The Labute approximate surface area is 274 Å². The van der Waals surface area contributed by atoms with Crippen LogP contribution in [-0.4, -0.2) is 19.9 Å². The molecule has 0 N–H and O–H groups in total. The Bertz CT molecular complexity index is 2840. The Hall–Kier alpha value is -6.66. The number of rotatable bonds is 4. The van der Waals surface area contributed by atoms with Crippen LogP contribution in [0, 0.1) is 0 Å². The van der Waals surface area contributed by atoms with E-state index in [2.05, 4.69) is 65.6 Å². The van der Waals surface area contributed by atoms with Gasteiger partial charge in [0, 0.05) is 44.4 Å². The minimum Gasteiger partial charge on any atom is -0.456 e. The highest BCUT2D eigenvalue weighted by Gasteiger charge is 2.19. The van der Waals surface area contributed by atoms with Crippen LogP contribution in [0.1, 0.15) is 0 Å². The van der Waals surface area contributed by atoms with Gasteiger partial charge in [-0.25, -0.2) is 19.9 Å². The topological polar surface area (TPSA) is 77.8 Å². The Balaban J connectivity index is 1.13. The van der Waals surface area contributed by atoms with E-state index in [1.165, 1.54) is 0 Å². The van der Waals surface area contributed by atoms with Gasteiger partial charge in [0.15, 0.2) is 17.5 Å². The maximum atomic E-state index is 6.34. The summed E-state index contributed by atoms with van der Waals surface area (Å²) in [5.74, 6) is 1.79. The third kappa shape index (κ3) is 4.13. The fourth-order valence-electron chi connectivity index (χ4n) is 6.77. The first-order valence-electron chi connectivity index (χ1n) is 15.8. The van der Waals surface area contributed by atoms with E-state index in [9.17, 15) is 0 Å². The molecule has 0 bridgehead atoms. The van der Waals surface area contributed by atoms with Crippen molar-refractivity contribution in [1.29, 1.82) is 0 Å². The number of furan rings is 2. The third-order valence-electron chi connectivity index (χ3n) is 9.03. The van der Waals surface area contributed by atoms with Gasteiger partial charge in [-0.1, -0.05) is 115 Å². The Morgan fingerprint density at radius 2 is 1.08 bits per heavy atom. The van der Waals surface area contributed by atoms with Crippen LogP contribution in [0.2, 0.25) is 0 Å². The summed E-state index contributed by atoms with van der Waals surface area (Å²) in [4.78, 5) is 19.6. The van der Waals surface area contributed by atoms with E-state index in [1.807, 2.05) is 78.9 Å². The number of benzene rings is 6. The van der Waals surface area contributed by atoms with E-state index >= 15 is 0 Å². The molecular formula is C42H24N4O2. The number of aromatic nitrogens is 4. The second-order valence-corrected chi connectivity index (χ2v) is 11.8. The first-order chi connectivity index (χ1) is 23.8. The van der Waals surface area contributed by atoms with Crippen molar-refractivity contribution in [3.63, 3.8) is 0 Å². The Kier molecular flexibility index (Phi) is 5.77. The van der Waals surface area contributed by atoms with Crippen LogP contribution < -0.4 is 0 Å². The molecule has 0 unspecified atom stereocenters. The highest BCUT2D eigenvalue weighted by molar-refractivity contribution is 6.18. The fourth-order valence-corrected chi connectivity index (χ4v) is 6.77. The smallest absolute Gasteiger partial charge is 0.227 e. The molecule has 0 aliphatic heterocycles. The van der Waals surface area contributed by atoms with E-state index in [1.54, 1.807) is 6.20 Å². The molecule has 0 fully saturated rings. The summed E-state index contributed by atoms with van der Waals surface area (Å²) in [6, 6.07) is 47.1. The second-order valence-electron chi connectivity index (χ2n) is 11.8. The van der Waals surface area contributed by atoms with Crippen LogP contribution in [0.3, 0.4) is 0 Å². The molecule has 6 heteroatoms. The molecule has 6 nitrogen and oxygen atoms in total. The van der Waals surface area contributed by atoms with E-state index in [4.69, 9.17) is 23.8 Å². The molecule has 0 spiro atoms. The van der Waals surface area contributed by atoms with Gasteiger partial charge in [-0.15, -0.1) is 0 Å². The van der Waals surface area contributed by atoms with Crippen molar-refractivity contribution in [3.05, 3.63) is 146 Å². The van der Waals surface area contributed by atoms with Crippen molar-refractivity contribution in [2.75, 3.05) is 0 Å². The molecule has 48 heavy (non-hydrogen) atoms. The summed E-state index contributed by atoms with van der Waals surface area (Å²) < 4.78 is 12.5. The highest BCUT2D eigenvalue weighted by atomic mass is 16.3. The van der Waals surface area contributed by atoms with Crippen molar-refractivity contribution in [1.82, 2.24) is 19.9 Å². The molecule has 0 radical (unpaired) electrons. The lowest BCUT2D eigenvalue weighted by molar-refractivity contribution is 0.658. The van der Waals surface area contributed by atoms with Gasteiger partial charge >= 0.3 is 0 Å². The monoisotopic (exact) mass is 616 g/mol. The second kappa shape index (κ2) is 10.4. The van der Waals surface area contributed by atoms with Gasteiger partial charge in [-0.3, -0.25) is 0 Å². The zero-order valence-corrected chi connectivity index (χ0v) is 25.5. The quantitative estimate of drug-likeness (QED) is 0.196. The van der Waals surface area contributed by atoms with Crippen molar-refractivity contribution >= 4 is 54.8 Å². The van der Waals surface area contributed by atoms with Crippen LogP contribution in [0.15, 0.2) is 155 Å². The summed E-state index contributed by atoms with van der Waals surface area (Å²) in [6.07, 6.45) is 1.81. The van der Waals surface area contributed by atoms with Gasteiger partial charge in [0.25, 0.3) is 0 Å². The van der Waals surface area contributed by atoms with E-state index in [0.717, 1.165) is 76.9 Å². The first kappa shape index (κ1) is 26.5. The van der Waals surface area contributed by atoms with Gasteiger partial charge in [0.1, 0.15) is 16.7 Å². The average molecular weight is 617 g/mol. The van der Waals surface area contributed by atoms with Gasteiger partial charge in [0.05, 0.1) is 5.39 Å². The maximum Gasteiger partial charge on any atom is 0.227 e. The van der Waals surface area contributed by atoms with Crippen LogP contribution in [0.25, 0.3) is 100 Å². The number of pyridine rings is 1. The standard InChI is InChI=1S/C42H24N4O2/c1-2-10-27(11-3-1)39-44-40(46-41(45-39)33-14-8-16-35-36(33)31-13-6-7-15-34(31)47-35)28-19-17-26(18-20-28)29-23-24-43-42-37(29)32-22-21-25-9-4-5-12-30(25)38(32)48-42/h1-24H. The third-order valence-corrected chi connectivity index (χ3v) is 9.03. The first-order valence-corrected chi connectivity index (χ1v) is 15.8. The predicted molar refractivity (Wildman–Crippen MR) is 191 cm³/mol. The molecule has 224 valence electrons. The van der Waals surface area contributed by atoms with E-state index in [-0.39, 0.29) is 0 Å². The van der Waals surface area contributed by atoms with Crippen molar-refractivity contribution in [3.8, 4) is 45.3 Å². The molecule has 6 aromatic carbocycles. The molecule has 0 saturated heterocycles. The lowest BCUT2D eigenvalue weighted by atomic mass is 9.99. The number of nitrogens with zero attached hydrogens (tertiary/aromatic N) is 4. The maximum absolute atomic E-state index is 6.34. The number of para-hydroxylation sites is 1. The summed E-state index contributed by atoms with van der Waals surface area (Å²) >= 11 is 0. The van der Waals surface area contributed by atoms with Gasteiger partial charge in [-0.05, 0) is 40.8 Å². The van der Waals surface area contributed by atoms with Gasteiger partial charge in [-0.2, -0.15) is 0 Å². The minimum atomic E-state index is 0.591. The molecule has 10 aromatic rings. The van der Waals surface area contributed by atoms with Crippen molar-refractivity contribution in [2.45, 2.75) is 0 Å². The predicted octanol–water partition coefficient (Wildman–Crippen LogP) is 10.9. The fraction of sp³-hybridized carbons (Fsp3) is 0. The lowest BCUT2D eigenvalue weighted by Gasteiger charge is -2.10. The minimum absolute atomic E-state index is 0.591. The number of hydrogen-bond donors (Lipinski definition) is 0. The SMILES string of the molecule is c1ccc(-c2nc(-c3ccc(-c4ccnc5oc6c7ccccc7ccc6c45)cc3)nc(-c3cccc4oc5ccccc5c34)n2)cc1. The Morgan fingerprint density at radius 1 is 0.396 bits per heavy atom. The molecule has 0 atom stereocenters. The molecule has 4 aromatic heterocycles. The summed E-state index contributed by atoms with van der Waals surface area (Å²) in [5.41, 5.74) is 7.91. The number of fused-ring (bicyclic) bond motifs is 8. The largest absolute Gasteiger partial charge is 0.456 e. The molecule has 0 amide bonds. The van der Waals surface area contributed by atoms with Gasteiger partial charge in [0.2, 0.25) is 5.71 Å². The lowest BCUT2D eigenvalue weighted by Crippen LogP contribution is -2.00. The van der Waals surface area contributed by atoms with Crippen LogP contribution in [0.4, 0.5) is 0 Å². The molecular weight excluding hydrogens is 592 g/mol. The van der Waals surface area contributed by atoms with E-state index in [0.29, 0.717) is 23.2 Å². The van der Waals surface area contributed by atoms with Crippen LogP contribution >= 0.6 is 0 Å². The zero-order valence-electron chi connectivity index (χ0n) is 25.5. The highest BCUT2D eigenvalue weighted by Crippen LogP contribution is 2.40. The zero-order chi connectivity index (χ0) is 31.6. The molecule has 0 saturated carbocycles. The van der Waals surface area contributed by atoms with Crippen LogP contribution in [0.5, 0.6) is 0 Å². The normalized spacial score (nSPS) is 11.8. The van der Waals surface area contributed by atoms with Crippen molar-refractivity contribution < 1.29 is 8.83 Å². The molecule has 0 aliphatic carbocycles. The van der Waals surface area contributed by atoms with Gasteiger partial charge < -0.3 is 8.83 Å². The summed E-state index contributed by atoms with van der Waals surface area (Å²) in [7, 11) is 0. The summed E-state index contributed by atoms with van der Waals surface area (Å²) in [5, 5.41) is 6.28. The van der Waals surface area contributed by atoms with E-state index < -0.39 is 0 Å². The van der Waals surface area contributed by atoms with Crippen molar-refractivity contribution in [2.24, 2.45) is 0 Å². The van der Waals surface area contributed by atoms with Crippen LogP contribution in [-0.2, 0) is 0 Å².